The summed E-state index contributed by atoms with van der Waals surface area (Å²) >= 11 is 6.01. The lowest BCUT2D eigenvalue weighted by Gasteiger charge is -2.21. The lowest BCUT2D eigenvalue weighted by molar-refractivity contribution is 0.0925. The molecule has 0 fully saturated rings. The van der Waals surface area contributed by atoms with Gasteiger partial charge in [0.1, 0.15) is 11.4 Å². The summed E-state index contributed by atoms with van der Waals surface area (Å²) in [5.74, 6) is 0.578. The molecular weight excluding hydrogens is 400 g/mol. The summed E-state index contributed by atoms with van der Waals surface area (Å²) in [5.41, 5.74) is 2.42. The predicted molar refractivity (Wildman–Crippen MR) is 119 cm³/mol. The first-order chi connectivity index (χ1) is 14.4. The molecule has 30 heavy (non-hydrogen) atoms. The first-order valence-electron chi connectivity index (χ1n) is 9.85. The summed E-state index contributed by atoms with van der Waals surface area (Å²) in [6, 6.07) is 16.9. The molecule has 0 spiro atoms. The number of ether oxygens (including phenoxy) is 1. The van der Waals surface area contributed by atoms with Gasteiger partial charge < -0.3 is 15.0 Å². The largest absolute Gasteiger partial charge is 0.471 e. The van der Waals surface area contributed by atoms with Crippen LogP contribution in [0.3, 0.4) is 0 Å². The molecule has 1 amide bonds. The van der Waals surface area contributed by atoms with E-state index in [9.17, 15) is 4.79 Å². The standard InChI is InChI=1S/C23H27ClN4O2/c1-17-6-4-5-7-22(17)30-16-28-15-13-21(26-28)23(29)25-20(12-14-27(2)3)18-8-10-19(24)11-9-18/h4-11,13,15,20H,12,14,16H2,1-3H3,(H,25,29). The first kappa shape index (κ1) is 21.9. The summed E-state index contributed by atoms with van der Waals surface area (Å²) < 4.78 is 7.40. The Labute approximate surface area is 182 Å². The van der Waals surface area contributed by atoms with Crippen LogP contribution in [0.2, 0.25) is 5.02 Å². The summed E-state index contributed by atoms with van der Waals surface area (Å²) in [7, 11) is 4.02. The van der Waals surface area contributed by atoms with Gasteiger partial charge in [0.2, 0.25) is 0 Å². The number of amides is 1. The molecule has 0 aliphatic carbocycles. The van der Waals surface area contributed by atoms with E-state index in [1.54, 1.807) is 16.9 Å². The van der Waals surface area contributed by atoms with E-state index in [0.29, 0.717) is 10.7 Å². The highest BCUT2D eigenvalue weighted by Gasteiger charge is 2.18. The molecule has 0 saturated heterocycles. The summed E-state index contributed by atoms with van der Waals surface area (Å²) in [6.45, 7) is 3.06. The van der Waals surface area contributed by atoms with Gasteiger partial charge in [-0.1, -0.05) is 41.9 Å². The fourth-order valence-electron chi connectivity index (χ4n) is 3.05. The molecule has 158 valence electrons. The van der Waals surface area contributed by atoms with Crippen molar-refractivity contribution >= 4 is 17.5 Å². The van der Waals surface area contributed by atoms with Gasteiger partial charge in [-0.2, -0.15) is 5.10 Å². The zero-order chi connectivity index (χ0) is 21.5. The van der Waals surface area contributed by atoms with Crippen molar-refractivity contribution in [2.24, 2.45) is 0 Å². The van der Waals surface area contributed by atoms with Gasteiger partial charge in [-0.25, -0.2) is 4.68 Å². The Morgan fingerprint density at radius 2 is 1.90 bits per heavy atom. The van der Waals surface area contributed by atoms with Crippen LogP contribution in [0.25, 0.3) is 0 Å². The second-order valence-corrected chi connectivity index (χ2v) is 7.89. The number of aryl methyl sites for hydroxylation is 1. The number of hydrogen-bond acceptors (Lipinski definition) is 4. The van der Waals surface area contributed by atoms with Crippen molar-refractivity contribution in [2.75, 3.05) is 20.6 Å². The van der Waals surface area contributed by atoms with Gasteiger partial charge in [-0.05, 0) is 69.4 Å². The van der Waals surface area contributed by atoms with E-state index in [2.05, 4.69) is 15.3 Å². The van der Waals surface area contributed by atoms with Crippen LogP contribution in [0.1, 0.15) is 34.1 Å². The quantitative estimate of drug-likeness (QED) is 0.554. The van der Waals surface area contributed by atoms with E-state index < -0.39 is 0 Å². The van der Waals surface area contributed by atoms with Gasteiger partial charge in [-0.15, -0.1) is 0 Å². The van der Waals surface area contributed by atoms with Gasteiger partial charge in [0.15, 0.2) is 6.73 Å². The Morgan fingerprint density at radius 3 is 2.60 bits per heavy atom. The second-order valence-electron chi connectivity index (χ2n) is 7.45. The molecule has 0 radical (unpaired) electrons. The highest BCUT2D eigenvalue weighted by Crippen LogP contribution is 2.20. The molecule has 1 unspecified atom stereocenters. The molecule has 1 heterocycles. The SMILES string of the molecule is Cc1ccccc1OCn1ccc(C(=O)NC(CCN(C)C)c2ccc(Cl)cc2)n1. The number of benzene rings is 2. The number of carbonyl (C=O) groups is 1. The van der Waals surface area contributed by atoms with Crippen molar-refractivity contribution < 1.29 is 9.53 Å². The molecule has 3 rings (SSSR count). The van der Waals surface area contributed by atoms with Crippen molar-refractivity contribution in [1.29, 1.82) is 0 Å². The highest BCUT2D eigenvalue weighted by atomic mass is 35.5. The van der Waals surface area contributed by atoms with Gasteiger partial charge in [0, 0.05) is 11.2 Å². The number of rotatable bonds is 9. The van der Waals surface area contributed by atoms with Crippen LogP contribution in [0, 0.1) is 6.92 Å². The van der Waals surface area contributed by atoms with Crippen LogP contribution in [0.4, 0.5) is 0 Å². The average molecular weight is 427 g/mol. The number of nitrogens with one attached hydrogen (secondary N) is 1. The van der Waals surface area contributed by atoms with Gasteiger partial charge in [-0.3, -0.25) is 4.79 Å². The fraction of sp³-hybridized carbons (Fsp3) is 0.304. The fourth-order valence-corrected chi connectivity index (χ4v) is 3.17. The summed E-state index contributed by atoms with van der Waals surface area (Å²) in [4.78, 5) is 14.9. The number of para-hydroxylation sites is 1. The molecule has 7 heteroatoms. The Hall–Kier alpha value is -2.83. The van der Waals surface area contributed by atoms with E-state index in [4.69, 9.17) is 16.3 Å². The summed E-state index contributed by atoms with van der Waals surface area (Å²) in [6.07, 6.45) is 2.52. The van der Waals surface area contributed by atoms with E-state index in [0.717, 1.165) is 29.8 Å². The average Bonchev–Trinajstić information content (AvgIpc) is 3.20. The third-order valence-corrected chi connectivity index (χ3v) is 5.01. The van der Waals surface area contributed by atoms with Crippen LogP contribution < -0.4 is 10.1 Å². The molecule has 6 nitrogen and oxygen atoms in total. The molecule has 0 saturated carbocycles. The molecule has 0 aliphatic rings. The zero-order valence-electron chi connectivity index (χ0n) is 17.5. The van der Waals surface area contributed by atoms with Crippen molar-refractivity contribution in [3.8, 4) is 5.75 Å². The van der Waals surface area contributed by atoms with Crippen molar-refractivity contribution in [3.63, 3.8) is 0 Å². The van der Waals surface area contributed by atoms with Crippen LogP contribution in [0.15, 0.2) is 60.8 Å². The molecule has 1 atom stereocenters. The predicted octanol–water partition coefficient (Wildman–Crippen LogP) is 4.30. The molecule has 0 bridgehead atoms. The molecule has 3 aromatic rings. The lowest BCUT2D eigenvalue weighted by Crippen LogP contribution is -2.31. The third-order valence-electron chi connectivity index (χ3n) is 4.76. The number of halogens is 1. The maximum atomic E-state index is 12.8. The first-order valence-corrected chi connectivity index (χ1v) is 10.2. The number of carbonyl (C=O) groups excluding carboxylic acids is 1. The lowest BCUT2D eigenvalue weighted by atomic mass is 10.0. The van der Waals surface area contributed by atoms with E-state index in [1.807, 2.05) is 69.6 Å². The second kappa shape index (κ2) is 10.3. The molecule has 1 N–H and O–H groups in total. The Morgan fingerprint density at radius 1 is 1.17 bits per heavy atom. The normalized spacial score (nSPS) is 12.0. The monoisotopic (exact) mass is 426 g/mol. The van der Waals surface area contributed by atoms with Gasteiger partial charge in [0.05, 0.1) is 6.04 Å². The van der Waals surface area contributed by atoms with Crippen molar-refractivity contribution in [3.05, 3.63) is 82.6 Å². The minimum atomic E-state index is -0.219. The van der Waals surface area contributed by atoms with Crippen LogP contribution in [-0.4, -0.2) is 41.2 Å². The molecule has 0 aliphatic heterocycles. The minimum absolute atomic E-state index is 0.134. The minimum Gasteiger partial charge on any atom is -0.471 e. The van der Waals surface area contributed by atoms with Crippen molar-refractivity contribution in [2.45, 2.75) is 26.1 Å². The smallest absolute Gasteiger partial charge is 0.272 e. The Kier molecular flexibility index (Phi) is 7.49. The summed E-state index contributed by atoms with van der Waals surface area (Å²) in [5, 5.41) is 8.12. The Balaban J connectivity index is 1.65. The van der Waals surface area contributed by atoms with E-state index >= 15 is 0 Å². The van der Waals surface area contributed by atoms with Gasteiger partial charge in [0.25, 0.3) is 5.91 Å². The van der Waals surface area contributed by atoms with E-state index in [-0.39, 0.29) is 18.7 Å². The maximum Gasteiger partial charge on any atom is 0.272 e. The number of aromatic nitrogens is 2. The number of nitrogens with zero attached hydrogens (tertiary/aromatic N) is 3. The molecule has 2 aromatic carbocycles. The third kappa shape index (κ3) is 6.08. The van der Waals surface area contributed by atoms with E-state index in [1.165, 1.54) is 0 Å². The highest BCUT2D eigenvalue weighted by molar-refractivity contribution is 6.30. The van der Waals surface area contributed by atoms with Crippen LogP contribution >= 0.6 is 11.6 Å². The Bertz CT molecular complexity index is 969. The van der Waals surface area contributed by atoms with Crippen molar-refractivity contribution in [1.82, 2.24) is 20.0 Å². The van der Waals surface area contributed by atoms with Gasteiger partial charge >= 0.3 is 0 Å². The molecule has 1 aromatic heterocycles. The topological polar surface area (TPSA) is 59.4 Å². The maximum absolute atomic E-state index is 12.8. The zero-order valence-corrected chi connectivity index (χ0v) is 18.3. The number of hydrogen-bond donors (Lipinski definition) is 1. The molecular formula is C23H27ClN4O2. The van der Waals surface area contributed by atoms with Crippen LogP contribution in [0.5, 0.6) is 5.75 Å². The van der Waals surface area contributed by atoms with Crippen LogP contribution in [-0.2, 0) is 6.73 Å².